The van der Waals surface area contributed by atoms with Crippen LogP contribution in [0.1, 0.15) is 54.7 Å². The van der Waals surface area contributed by atoms with Crippen molar-refractivity contribution in [2.75, 3.05) is 0 Å². The number of hydrogen-bond donors (Lipinski definition) is 2. The molecule has 0 saturated carbocycles. The molecule has 3 heterocycles. The first-order valence-electron chi connectivity index (χ1n) is 9.59. The molecule has 1 amide bonds. The predicted octanol–water partition coefficient (Wildman–Crippen LogP) is 3.26. The molecule has 0 spiro atoms. The summed E-state index contributed by atoms with van der Waals surface area (Å²) < 4.78 is 10.9. The summed E-state index contributed by atoms with van der Waals surface area (Å²) >= 11 is 0. The van der Waals surface area contributed by atoms with Crippen molar-refractivity contribution in [1.29, 1.82) is 5.26 Å². The zero-order valence-corrected chi connectivity index (χ0v) is 17.0. The van der Waals surface area contributed by atoms with E-state index in [-0.39, 0.29) is 28.4 Å². The Kier molecular flexibility index (Phi) is 4.54. The van der Waals surface area contributed by atoms with Crippen molar-refractivity contribution in [2.45, 2.75) is 39.5 Å². The van der Waals surface area contributed by atoms with Crippen molar-refractivity contribution >= 4 is 11.7 Å². The van der Waals surface area contributed by atoms with Gasteiger partial charge in [0.05, 0.1) is 29.5 Å². The molecule has 1 atom stereocenters. The number of carbonyl (C=O) groups is 2. The first-order valence-corrected chi connectivity index (χ1v) is 9.59. The predicted molar refractivity (Wildman–Crippen MR) is 106 cm³/mol. The molecule has 3 N–H and O–H groups in total. The Balaban J connectivity index is 1.87. The van der Waals surface area contributed by atoms with Crippen molar-refractivity contribution in [2.24, 2.45) is 11.1 Å². The molecule has 4 rings (SSSR count). The van der Waals surface area contributed by atoms with E-state index in [0.717, 1.165) is 0 Å². The van der Waals surface area contributed by atoms with Crippen LogP contribution in [-0.4, -0.2) is 16.7 Å². The molecule has 1 aliphatic carbocycles. The Labute approximate surface area is 173 Å². The Morgan fingerprint density at radius 2 is 2.10 bits per heavy atom. The summed E-state index contributed by atoms with van der Waals surface area (Å²) in [4.78, 5) is 25.9. The zero-order chi connectivity index (χ0) is 21.6. The third-order valence-electron chi connectivity index (χ3n) is 5.38. The Bertz CT molecular complexity index is 1130. The van der Waals surface area contributed by atoms with E-state index in [1.165, 1.54) is 17.3 Å². The minimum atomic E-state index is -0.709. The lowest BCUT2D eigenvalue weighted by Gasteiger charge is -2.42. The maximum Gasteiger partial charge on any atom is 0.305 e. The van der Waals surface area contributed by atoms with Gasteiger partial charge in [-0.3, -0.25) is 15.0 Å². The van der Waals surface area contributed by atoms with Gasteiger partial charge in [0.25, 0.3) is 0 Å². The van der Waals surface area contributed by atoms with E-state index < -0.39 is 11.8 Å². The zero-order valence-electron chi connectivity index (χ0n) is 17.0. The maximum absolute atomic E-state index is 13.2. The number of hydrazine groups is 1. The fourth-order valence-electron chi connectivity index (χ4n) is 4.09. The summed E-state index contributed by atoms with van der Waals surface area (Å²) in [6.45, 7) is 5.75. The summed E-state index contributed by atoms with van der Waals surface area (Å²) in [5.41, 5.74) is 9.86. The van der Waals surface area contributed by atoms with E-state index in [4.69, 9.17) is 14.6 Å². The quantitative estimate of drug-likeness (QED) is 0.801. The Morgan fingerprint density at radius 3 is 2.70 bits per heavy atom. The number of amides is 1. The van der Waals surface area contributed by atoms with Crippen LogP contribution in [0.4, 0.5) is 0 Å². The summed E-state index contributed by atoms with van der Waals surface area (Å²) in [5, 5.41) is 11.2. The van der Waals surface area contributed by atoms with Gasteiger partial charge in [0.1, 0.15) is 17.3 Å². The average Bonchev–Trinajstić information content (AvgIpc) is 3.34. The highest BCUT2D eigenvalue weighted by Crippen LogP contribution is 2.48. The summed E-state index contributed by atoms with van der Waals surface area (Å²) in [6.07, 6.45) is 2.20. The number of ketones is 1. The summed E-state index contributed by atoms with van der Waals surface area (Å²) in [5.74, 6) is -0.0499. The number of nitriles is 1. The third kappa shape index (κ3) is 3.18. The number of Topliss-reactive ketones (excluding diaryl/α,β-unsaturated/α-hetero) is 1. The Hall–Kier alpha value is -3.73. The van der Waals surface area contributed by atoms with Gasteiger partial charge in [-0.2, -0.15) is 5.26 Å². The van der Waals surface area contributed by atoms with Crippen LogP contribution in [0, 0.1) is 23.7 Å². The van der Waals surface area contributed by atoms with E-state index >= 15 is 0 Å². The number of nitrogens with two attached hydrogens (primary N) is 1. The minimum absolute atomic E-state index is 0.0562. The second-order valence-corrected chi connectivity index (χ2v) is 8.35. The van der Waals surface area contributed by atoms with E-state index in [1.54, 1.807) is 25.1 Å². The molecule has 0 saturated heterocycles. The van der Waals surface area contributed by atoms with Gasteiger partial charge in [-0.15, -0.1) is 0 Å². The van der Waals surface area contributed by atoms with Crippen molar-refractivity contribution in [1.82, 2.24) is 10.4 Å². The van der Waals surface area contributed by atoms with E-state index in [2.05, 4.69) is 11.5 Å². The molecule has 154 valence electrons. The van der Waals surface area contributed by atoms with Gasteiger partial charge in [-0.05, 0) is 43.0 Å². The smallest absolute Gasteiger partial charge is 0.305 e. The van der Waals surface area contributed by atoms with Crippen molar-refractivity contribution < 1.29 is 18.4 Å². The van der Waals surface area contributed by atoms with Gasteiger partial charge in [0.2, 0.25) is 0 Å². The fourth-order valence-corrected chi connectivity index (χ4v) is 4.09. The minimum Gasteiger partial charge on any atom is -0.465 e. The highest BCUT2D eigenvalue weighted by Gasteiger charge is 2.46. The molecule has 2 aromatic heterocycles. The van der Waals surface area contributed by atoms with Crippen LogP contribution < -0.4 is 11.2 Å². The highest BCUT2D eigenvalue weighted by molar-refractivity contribution is 6.00. The van der Waals surface area contributed by atoms with Crippen LogP contribution in [0.3, 0.4) is 0 Å². The molecule has 0 bridgehead atoms. The largest absolute Gasteiger partial charge is 0.465 e. The number of nitrogens with zero attached hydrogens (tertiary/aromatic N) is 2. The number of allylic oxidation sites excluding steroid dienone is 3. The normalized spacial score (nSPS) is 20.8. The van der Waals surface area contributed by atoms with Crippen LogP contribution in [0.15, 0.2) is 62.0 Å². The molecular weight excluding hydrogens is 384 g/mol. The molecule has 0 radical (unpaired) electrons. The van der Waals surface area contributed by atoms with E-state index in [9.17, 15) is 14.9 Å². The molecule has 8 nitrogen and oxygen atoms in total. The molecule has 0 fully saturated rings. The first kappa shape index (κ1) is 19.6. The van der Waals surface area contributed by atoms with Crippen molar-refractivity contribution in [3.63, 3.8) is 0 Å². The second-order valence-electron chi connectivity index (χ2n) is 8.35. The standard InChI is InChI=1S/C22H22N4O4/c1-12-6-7-16(30-12)18-13(11-23)20(24)26(25-21(28)17-5-4-8-29-17)14-9-22(2,3)10-15(27)19(14)18/h4-8,18H,9-10,24H2,1-3H3,(H,25,28). The van der Waals surface area contributed by atoms with Crippen LogP contribution in [0.5, 0.6) is 0 Å². The van der Waals surface area contributed by atoms with Gasteiger partial charge in [0, 0.05) is 12.0 Å². The lowest BCUT2D eigenvalue weighted by atomic mass is 9.70. The number of rotatable bonds is 3. The average molecular weight is 406 g/mol. The molecule has 8 heteroatoms. The number of furan rings is 2. The lowest BCUT2D eigenvalue weighted by molar-refractivity contribution is -0.118. The number of aryl methyl sites for hydroxylation is 1. The molecule has 1 unspecified atom stereocenters. The molecule has 2 aliphatic rings. The number of carbonyl (C=O) groups excluding carboxylic acids is 2. The monoisotopic (exact) mass is 406 g/mol. The highest BCUT2D eigenvalue weighted by atomic mass is 16.3. The lowest BCUT2D eigenvalue weighted by Crippen LogP contribution is -2.49. The van der Waals surface area contributed by atoms with Gasteiger partial charge in [0.15, 0.2) is 11.5 Å². The van der Waals surface area contributed by atoms with E-state index in [0.29, 0.717) is 35.6 Å². The maximum atomic E-state index is 13.2. The molecular formula is C22H22N4O4. The number of hydrogen-bond acceptors (Lipinski definition) is 7. The molecule has 0 aromatic carbocycles. The first-order chi connectivity index (χ1) is 14.2. The van der Waals surface area contributed by atoms with Crippen molar-refractivity contribution in [3.05, 3.63) is 70.5 Å². The number of nitrogens with one attached hydrogen (secondary N) is 1. The Morgan fingerprint density at radius 1 is 1.33 bits per heavy atom. The summed E-state index contributed by atoms with van der Waals surface area (Å²) in [7, 11) is 0. The van der Waals surface area contributed by atoms with Gasteiger partial charge < -0.3 is 14.6 Å². The summed E-state index contributed by atoms with van der Waals surface area (Å²) in [6, 6.07) is 8.76. The van der Waals surface area contributed by atoms with Crippen LogP contribution in [0.2, 0.25) is 0 Å². The topological polar surface area (TPSA) is 126 Å². The van der Waals surface area contributed by atoms with Crippen LogP contribution in [-0.2, 0) is 4.79 Å². The third-order valence-corrected chi connectivity index (χ3v) is 5.38. The van der Waals surface area contributed by atoms with Gasteiger partial charge in [-0.1, -0.05) is 13.8 Å². The second kappa shape index (κ2) is 6.95. The van der Waals surface area contributed by atoms with Gasteiger partial charge >= 0.3 is 5.91 Å². The molecule has 1 aliphatic heterocycles. The SMILES string of the molecule is Cc1ccc(C2C(C#N)=C(N)N(NC(=O)c3ccco3)C3=C2C(=O)CC(C)(C)C3)o1. The van der Waals surface area contributed by atoms with Crippen LogP contribution >= 0.6 is 0 Å². The fraction of sp³-hybridized carbons (Fsp3) is 0.318. The molecule has 30 heavy (non-hydrogen) atoms. The van der Waals surface area contributed by atoms with Gasteiger partial charge in [-0.25, -0.2) is 5.01 Å². The molecule has 2 aromatic rings. The van der Waals surface area contributed by atoms with E-state index in [1.807, 2.05) is 13.8 Å². The van der Waals surface area contributed by atoms with Crippen LogP contribution in [0.25, 0.3) is 0 Å². The van der Waals surface area contributed by atoms with Crippen molar-refractivity contribution in [3.8, 4) is 6.07 Å².